The van der Waals surface area contributed by atoms with Crippen LogP contribution in [0.3, 0.4) is 0 Å². The summed E-state index contributed by atoms with van der Waals surface area (Å²) in [5.74, 6) is -1.21. The van der Waals surface area contributed by atoms with E-state index in [2.05, 4.69) is 15.2 Å². The number of hydrogen-bond acceptors (Lipinski definition) is 6. The van der Waals surface area contributed by atoms with Crippen LogP contribution in [0.15, 0.2) is 66.0 Å². The van der Waals surface area contributed by atoms with Crippen molar-refractivity contribution in [1.29, 1.82) is 0 Å². The quantitative estimate of drug-likeness (QED) is 0.257. The monoisotopic (exact) mass is 581 g/mol. The predicted octanol–water partition coefficient (Wildman–Crippen LogP) is 6.21. The molecule has 0 atom stereocenters. The van der Waals surface area contributed by atoms with E-state index >= 15 is 0 Å². The summed E-state index contributed by atoms with van der Waals surface area (Å²) in [6.45, 7) is 4.51. The highest BCUT2D eigenvalue weighted by molar-refractivity contribution is 7.13. The van der Waals surface area contributed by atoms with E-state index in [9.17, 15) is 14.7 Å². The van der Waals surface area contributed by atoms with Gasteiger partial charge in [0.15, 0.2) is 0 Å². The molecule has 39 heavy (non-hydrogen) atoms. The molecule has 0 aliphatic carbocycles. The number of carboxylic acid groups (broad SMARTS) is 1. The van der Waals surface area contributed by atoms with Crippen molar-refractivity contribution in [1.82, 2.24) is 15.2 Å². The van der Waals surface area contributed by atoms with Crippen molar-refractivity contribution in [3.8, 4) is 33.0 Å². The van der Waals surface area contributed by atoms with Crippen molar-refractivity contribution >= 4 is 46.4 Å². The number of nitrogens with one attached hydrogen (secondary N) is 1. The fourth-order valence-electron chi connectivity index (χ4n) is 4.36. The summed E-state index contributed by atoms with van der Waals surface area (Å²) in [5, 5.41) is 16.4. The molecule has 7 nitrogen and oxygen atoms in total. The van der Waals surface area contributed by atoms with Gasteiger partial charge in [-0.1, -0.05) is 53.5 Å². The van der Waals surface area contributed by atoms with Gasteiger partial charge in [-0.15, -0.1) is 11.3 Å². The van der Waals surface area contributed by atoms with Gasteiger partial charge in [-0.25, -0.2) is 9.78 Å². The molecule has 1 saturated heterocycles. The number of hydrogen-bond donors (Lipinski definition) is 2. The lowest BCUT2D eigenvalue weighted by Gasteiger charge is -2.26. The van der Waals surface area contributed by atoms with Crippen molar-refractivity contribution < 1.29 is 19.4 Å². The minimum Gasteiger partial charge on any atom is -0.478 e. The van der Waals surface area contributed by atoms with Crippen LogP contribution >= 0.6 is 34.5 Å². The number of rotatable bonds is 8. The number of ether oxygens (including phenoxy) is 1. The number of carbonyl (C=O) groups is 2. The van der Waals surface area contributed by atoms with Crippen LogP contribution in [0.5, 0.6) is 0 Å². The molecule has 0 unspecified atom stereocenters. The number of amides is 1. The van der Waals surface area contributed by atoms with Gasteiger partial charge in [0.25, 0.3) is 5.91 Å². The number of aromatic carboxylic acids is 1. The zero-order valence-electron chi connectivity index (χ0n) is 20.8. The molecular formula is C29H25Cl2N3O4S. The van der Waals surface area contributed by atoms with Gasteiger partial charge >= 0.3 is 5.97 Å². The summed E-state index contributed by atoms with van der Waals surface area (Å²) in [6, 6.07) is 17.5. The molecule has 0 radical (unpaired) electrons. The summed E-state index contributed by atoms with van der Waals surface area (Å²) in [7, 11) is 0. The third-order valence-corrected chi connectivity index (χ3v) is 8.12. The summed E-state index contributed by atoms with van der Waals surface area (Å²) in [6.07, 6.45) is 0. The fraction of sp³-hybridized carbons (Fsp3) is 0.207. The van der Waals surface area contributed by atoms with E-state index in [-0.39, 0.29) is 11.5 Å². The number of morpholine rings is 1. The Bertz CT molecular complexity index is 1500. The normalized spacial score (nSPS) is 13.8. The van der Waals surface area contributed by atoms with E-state index < -0.39 is 5.97 Å². The highest BCUT2D eigenvalue weighted by atomic mass is 35.5. The van der Waals surface area contributed by atoms with Gasteiger partial charge in [-0.3, -0.25) is 9.69 Å². The summed E-state index contributed by atoms with van der Waals surface area (Å²) >= 11 is 13.6. The maximum Gasteiger partial charge on any atom is 0.336 e. The van der Waals surface area contributed by atoms with Crippen LogP contribution in [0, 0.1) is 0 Å². The topological polar surface area (TPSA) is 91.8 Å². The van der Waals surface area contributed by atoms with Gasteiger partial charge in [-0.05, 0) is 41.5 Å². The van der Waals surface area contributed by atoms with Crippen LogP contribution in [0.4, 0.5) is 0 Å². The highest BCUT2D eigenvalue weighted by Crippen LogP contribution is 2.34. The van der Waals surface area contributed by atoms with Crippen molar-refractivity contribution in [2.24, 2.45) is 0 Å². The smallest absolute Gasteiger partial charge is 0.336 e. The number of benzene rings is 3. The van der Waals surface area contributed by atoms with Crippen LogP contribution in [0.2, 0.25) is 10.0 Å². The Balaban J connectivity index is 1.30. The summed E-state index contributed by atoms with van der Waals surface area (Å²) in [5.41, 5.74) is 4.20. The average molecular weight is 583 g/mol. The number of thiazole rings is 1. The molecular weight excluding hydrogens is 557 g/mol. The lowest BCUT2D eigenvalue weighted by atomic mass is 9.96. The number of carbonyl (C=O) groups excluding carboxylic acids is 1. The van der Waals surface area contributed by atoms with Crippen LogP contribution < -0.4 is 5.32 Å². The molecule has 1 aromatic heterocycles. The first-order valence-electron chi connectivity index (χ1n) is 12.4. The lowest BCUT2D eigenvalue weighted by molar-refractivity contribution is 0.0383. The first-order valence-corrected chi connectivity index (χ1v) is 14.0. The molecule has 1 aliphatic heterocycles. The molecule has 2 heterocycles. The number of nitrogens with zero attached hydrogens (tertiary/aromatic N) is 2. The molecule has 2 N–H and O–H groups in total. The molecule has 1 aliphatic rings. The second kappa shape index (κ2) is 12.3. The van der Waals surface area contributed by atoms with Crippen molar-refractivity contribution in [3.63, 3.8) is 0 Å². The molecule has 0 saturated carbocycles. The third kappa shape index (κ3) is 6.49. The van der Waals surface area contributed by atoms with E-state index in [0.717, 1.165) is 44.1 Å². The van der Waals surface area contributed by atoms with Gasteiger partial charge < -0.3 is 15.2 Å². The van der Waals surface area contributed by atoms with Crippen LogP contribution in [0.25, 0.3) is 33.0 Å². The highest BCUT2D eigenvalue weighted by Gasteiger charge is 2.17. The molecule has 0 bridgehead atoms. The Labute approximate surface area is 240 Å². The molecule has 200 valence electrons. The minimum absolute atomic E-state index is 0.154. The largest absolute Gasteiger partial charge is 0.478 e. The second-order valence-electron chi connectivity index (χ2n) is 9.02. The average Bonchev–Trinajstić information content (AvgIpc) is 3.45. The molecule has 1 fully saturated rings. The van der Waals surface area contributed by atoms with E-state index in [4.69, 9.17) is 27.9 Å². The number of aromatic nitrogens is 1. The zero-order valence-corrected chi connectivity index (χ0v) is 23.2. The SMILES string of the molecule is O=C(NCCN1CCOCC1)c1ccc(-c2ccc(-c3nc(-c4ccc(Cl)c(Cl)c4)cs3)cc2C(=O)O)cc1. The predicted molar refractivity (Wildman–Crippen MR) is 155 cm³/mol. The van der Waals surface area contributed by atoms with Crippen molar-refractivity contribution in [2.75, 3.05) is 39.4 Å². The van der Waals surface area contributed by atoms with E-state index in [1.54, 1.807) is 48.5 Å². The van der Waals surface area contributed by atoms with E-state index in [0.29, 0.717) is 43.9 Å². The fourth-order valence-corrected chi connectivity index (χ4v) is 5.48. The lowest BCUT2D eigenvalue weighted by Crippen LogP contribution is -2.41. The zero-order chi connectivity index (χ0) is 27.4. The maximum atomic E-state index is 12.6. The Hall–Kier alpha value is -3.27. The number of halogens is 2. The van der Waals surface area contributed by atoms with Gasteiger partial charge in [0.1, 0.15) is 5.01 Å². The molecule has 10 heteroatoms. The second-order valence-corrected chi connectivity index (χ2v) is 10.7. The van der Waals surface area contributed by atoms with Crippen LogP contribution in [-0.2, 0) is 4.74 Å². The van der Waals surface area contributed by atoms with Gasteiger partial charge in [0.05, 0.1) is 34.5 Å². The summed E-state index contributed by atoms with van der Waals surface area (Å²) in [4.78, 5) is 31.7. The van der Waals surface area contributed by atoms with Crippen molar-refractivity contribution in [2.45, 2.75) is 0 Å². The first-order chi connectivity index (χ1) is 18.9. The molecule has 3 aromatic carbocycles. The maximum absolute atomic E-state index is 12.6. The van der Waals surface area contributed by atoms with E-state index in [1.165, 1.54) is 11.3 Å². The van der Waals surface area contributed by atoms with Crippen LogP contribution in [0.1, 0.15) is 20.7 Å². The standard InChI is InChI=1S/C29H25Cl2N3O4S/c30-24-8-6-20(16-25(24)31)26-17-39-28(33-26)21-5-7-22(23(15-21)29(36)37)18-1-3-19(4-2-18)27(35)32-9-10-34-11-13-38-14-12-34/h1-8,15-17H,9-14H2,(H,32,35)(H,36,37). The minimum atomic E-state index is -1.04. The molecule has 4 aromatic rings. The Morgan fingerprint density at radius 3 is 2.38 bits per heavy atom. The van der Waals surface area contributed by atoms with Crippen LogP contribution in [-0.4, -0.2) is 66.3 Å². The Morgan fingerprint density at radius 1 is 0.949 bits per heavy atom. The van der Waals surface area contributed by atoms with Crippen molar-refractivity contribution in [3.05, 3.63) is 87.2 Å². The van der Waals surface area contributed by atoms with E-state index in [1.807, 2.05) is 17.5 Å². The Morgan fingerprint density at radius 2 is 1.67 bits per heavy atom. The van der Waals surface area contributed by atoms with Gasteiger partial charge in [0, 0.05) is 48.2 Å². The molecule has 1 amide bonds. The number of carboxylic acids is 1. The van der Waals surface area contributed by atoms with Gasteiger partial charge in [0.2, 0.25) is 0 Å². The van der Waals surface area contributed by atoms with Gasteiger partial charge in [-0.2, -0.15) is 0 Å². The first kappa shape index (κ1) is 27.3. The Kier molecular flexibility index (Phi) is 8.60. The molecule has 5 rings (SSSR count). The summed E-state index contributed by atoms with van der Waals surface area (Å²) < 4.78 is 5.34. The molecule has 0 spiro atoms. The third-order valence-electron chi connectivity index (χ3n) is 6.49.